The van der Waals surface area contributed by atoms with E-state index in [9.17, 15) is 4.79 Å². The number of likely N-dealkylation sites (tertiary alicyclic amines) is 1. The summed E-state index contributed by atoms with van der Waals surface area (Å²) in [5.74, 6) is 0.203. The van der Waals surface area contributed by atoms with Gasteiger partial charge in [0.2, 0.25) is 0 Å². The predicted octanol–water partition coefficient (Wildman–Crippen LogP) is 4.51. The molecule has 2 aromatic rings. The van der Waals surface area contributed by atoms with Crippen LogP contribution in [0.3, 0.4) is 0 Å². The van der Waals surface area contributed by atoms with Gasteiger partial charge in [-0.25, -0.2) is 0 Å². The maximum absolute atomic E-state index is 13.1. The molecule has 4 rings (SSSR count). The van der Waals surface area contributed by atoms with E-state index in [4.69, 9.17) is 0 Å². The van der Waals surface area contributed by atoms with Crippen molar-refractivity contribution in [3.8, 4) is 0 Å². The van der Waals surface area contributed by atoms with E-state index in [0.29, 0.717) is 0 Å². The van der Waals surface area contributed by atoms with Crippen LogP contribution in [0.4, 0.5) is 5.69 Å². The standard InChI is InChI=1S/C18H20N2OS.ClH/c21-18(15-4-1-6-16-14(15)5-2-9-19-16)20-10-3-7-17(20)13-8-11-22-12-13;/h1,4,6,8,11-12,17,19H,2-3,5,7,9-10H2;1H. The van der Waals surface area contributed by atoms with Crippen LogP contribution in [0.15, 0.2) is 35.0 Å². The summed E-state index contributed by atoms with van der Waals surface area (Å²) in [5, 5.41) is 7.70. The van der Waals surface area contributed by atoms with Gasteiger partial charge in [0.25, 0.3) is 5.91 Å². The molecule has 1 unspecified atom stereocenters. The number of hydrogen-bond acceptors (Lipinski definition) is 3. The number of fused-ring (bicyclic) bond motifs is 1. The van der Waals surface area contributed by atoms with Crippen molar-refractivity contribution in [3.05, 3.63) is 51.7 Å². The zero-order chi connectivity index (χ0) is 14.9. The Morgan fingerprint density at radius 1 is 1.26 bits per heavy atom. The zero-order valence-corrected chi connectivity index (χ0v) is 14.6. The number of halogens is 1. The van der Waals surface area contributed by atoms with E-state index in [2.05, 4.69) is 33.1 Å². The fraction of sp³-hybridized carbons (Fsp3) is 0.389. The SMILES string of the molecule is Cl.O=C(c1cccc2c1CCCN2)N1CCCC1c1ccsc1. The summed E-state index contributed by atoms with van der Waals surface area (Å²) in [7, 11) is 0. The van der Waals surface area contributed by atoms with Crippen molar-refractivity contribution in [3.63, 3.8) is 0 Å². The van der Waals surface area contributed by atoms with Gasteiger partial charge in [-0.3, -0.25) is 4.79 Å². The van der Waals surface area contributed by atoms with E-state index in [1.807, 2.05) is 12.1 Å². The summed E-state index contributed by atoms with van der Waals surface area (Å²) < 4.78 is 0. The first-order chi connectivity index (χ1) is 10.8. The second-order valence-corrected chi connectivity index (χ2v) is 6.86. The number of hydrogen-bond donors (Lipinski definition) is 1. The summed E-state index contributed by atoms with van der Waals surface area (Å²) in [6, 6.07) is 8.50. The third kappa shape index (κ3) is 2.98. The molecule has 1 fully saturated rings. The first-order valence-corrected chi connectivity index (χ1v) is 8.98. The fourth-order valence-corrected chi connectivity index (χ4v) is 4.39. The van der Waals surface area contributed by atoms with Crippen molar-refractivity contribution in [1.82, 2.24) is 4.90 Å². The average Bonchev–Trinajstić information content (AvgIpc) is 3.24. The van der Waals surface area contributed by atoms with E-state index < -0.39 is 0 Å². The summed E-state index contributed by atoms with van der Waals surface area (Å²) in [6.45, 7) is 1.88. The molecule has 23 heavy (non-hydrogen) atoms. The molecule has 5 heteroatoms. The molecule has 3 nitrogen and oxygen atoms in total. The van der Waals surface area contributed by atoms with E-state index >= 15 is 0 Å². The molecule has 2 aliphatic rings. The van der Waals surface area contributed by atoms with Crippen molar-refractivity contribution in [2.45, 2.75) is 31.7 Å². The van der Waals surface area contributed by atoms with Crippen LogP contribution in [0.25, 0.3) is 0 Å². The minimum absolute atomic E-state index is 0. The number of thiophene rings is 1. The molecular weight excluding hydrogens is 328 g/mol. The van der Waals surface area contributed by atoms with Crippen LogP contribution in [0.5, 0.6) is 0 Å². The second-order valence-electron chi connectivity index (χ2n) is 6.08. The molecule has 3 heterocycles. The lowest BCUT2D eigenvalue weighted by atomic mass is 9.96. The minimum Gasteiger partial charge on any atom is -0.385 e. The maximum atomic E-state index is 13.1. The smallest absolute Gasteiger partial charge is 0.254 e. The van der Waals surface area contributed by atoms with E-state index in [1.54, 1.807) is 11.3 Å². The maximum Gasteiger partial charge on any atom is 0.254 e. The van der Waals surface area contributed by atoms with Gasteiger partial charge < -0.3 is 10.2 Å². The largest absolute Gasteiger partial charge is 0.385 e. The Balaban J connectivity index is 0.00000156. The highest BCUT2D eigenvalue weighted by molar-refractivity contribution is 7.08. The Bertz CT molecular complexity index is 686. The van der Waals surface area contributed by atoms with E-state index in [-0.39, 0.29) is 24.4 Å². The van der Waals surface area contributed by atoms with Crippen molar-refractivity contribution < 1.29 is 4.79 Å². The van der Waals surface area contributed by atoms with Crippen LogP contribution in [-0.4, -0.2) is 23.9 Å². The monoisotopic (exact) mass is 348 g/mol. The lowest BCUT2D eigenvalue weighted by molar-refractivity contribution is 0.0734. The van der Waals surface area contributed by atoms with Crippen LogP contribution < -0.4 is 5.32 Å². The third-order valence-electron chi connectivity index (χ3n) is 4.77. The molecule has 1 aromatic carbocycles. The van der Waals surface area contributed by atoms with Gasteiger partial charge in [0, 0.05) is 24.3 Å². The summed E-state index contributed by atoms with van der Waals surface area (Å²) in [6.07, 6.45) is 4.28. The second kappa shape index (κ2) is 6.93. The molecule has 0 radical (unpaired) electrons. The lowest BCUT2D eigenvalue weighted by Gasteiger charge is -2.27. The quantitative estimate of drug-likeness (QED) is 0.866. The molecule has 122 valence electrons. The number of nitrogens with zero attached hydrogens (tertiary/aromatic N) is 1. The van der Waals surface area contributed by atoms with Crippen LogP contribution in [0, 0.1) is 0 Å². The molecule has 0 spiro atoms. The van der Waals surface area contributed by atoms with Gasteiger partial charge in [0.1, 0.15) is 0 Å². The van der Waals surface area contributed by atoms with Gasteiger partial charge >= 0.3 is 0 Å². The number of nitrogens with one attached hydrogen (secondary N) is 1. The van der Waals surface area contributed by atoms with Gasteiger partial charge in [0.05, 0.1) is 6.04 Å². The first kappa shape index (κ1) is 16.3. The number of rotatable bonds is 2. The molecule has 0 aliphatic carbocycles. The molecule has 1 amide bonds. The van der Waals surface area contributed by atoms with Gasteiger partial charge in [0.15, 0.2) is 0 Å². The normalized spacial score (nSPS) is 19.7. The Morgan fingerprint density at radius 2 is 2.17 bits per heavy atom. The van der Waals surface area contributed by atoms with Crippen LogP contribution in [-0.2, 0) is 6.42 Å². The van der Waals surface area contributed by atoms with Crippen LogP contribution in [0.2, 0.25) is 0 Å². The summed E-state index contributed by atoms with van der Waals surface area (Å²) >= 11 is 1.71. The van der Waals surface area contributed by atoms with Gasteiger partial charge in [-0.05, 0) is 65.8 Å². The summed E-state index contributed by atoms with van der Waals surface area (Å²) in [5.41, 5.74) is 4.53. The lowest BCUT2D eigenvalue weighted by Crippen LogP contribution is -2.31. The Kier molecular flexibility index (Phi) is 4.93. The highest BCUT2D eigenvalue weighted by atomic mass is 35.5. The van der Waals surface area contributed by atoms with Crippen molar-refractivity contribution in [1.29, 1.82) is 0 Å². The molecule has 1 N–H and O–H groups in total. The highest BCUT2D eigenvalue weighted by Crippen LogP contribution is 2.35. The molecule has 2 aliphatic heterocycles. The number of anilines is 1. The zero-order valence-electron chi connectivity index (χ0n) is 13.0. The number of amides is 1. The van der Waals surface area contributed by atoms with Crippen molar-refractivity contribution in [2.24, 2.45) is 0 Å². The van der Waals surface area contributed by atoms with Gasteiger partial charge in [-0.2, -0.15) is 11.3 Å². The first-order valence-electron chi connectivity index (χ1n) is 8.03. The highest BCUT2D eigenvalue weighted by Gasteiger charge is 2.32. The average molecular weight is 349 g/mol. The Hall–Kier alpha value is -1.52. The van der Waals surface area contributed by atoms with Crippen LogP contribution >= 0.6 is 23.7 Å². The molecule has 0 saturated carbocycles. The molecular formula is C18H21ClN2OS. The minimum atomic E-state index is 0. The predicted molar refractivity (Wildman–Crippen MR) is 97.8 cm³/mol. The molecule has 0 bridgehead atoms. The van der Waals surface area contributed by atoms with Gasteiger partial charge in [-0.1, -0.05) is 6.07 Å². The third-order valence-corrected chi connectivity index (χ3v) is 5.47. The van der Waals surface area contributed by atoms with E-state index in [0.717, 1.165) is 50.0 Å². The fourth-order valence-electron chi connectivity index (χ4n) is 3.69. The topological polar surface area (TPSA) is 32.3 Å². The Labute approximate surface area is 147 Å². The summed E-state index contributed by atoms with van der Waals surface area (Å²) in [4.78, 5) is 15.2. The molecule has 1 saturated heterocycles. The van der Waals surface area contributed by atoms with Crippen molar-refractivity contribution >= 4 is 35.3 Å². The molecule has 1 atom stereocenters. The number of benzene rings is 1. The van der Waals surface area contributed by atoms with Gasteiger partial charge in [-0.15, -0.1) is 12.4 Å². The Morgan fingerprint density at radius 3 is 3.00 bits per heavy atom. The number of carbonyl (C=O) groups is 1. The van der Waals surface area contributed by atoms with Crippen molar-refractivity contribution in [2.75, 3.05) is 18.4 Å². The van der Waals surface area contributed by atoms with E-state index in [1.165, 1.54) is 11.1 Å². The molecule has 1 aromatic heterocycles. The number of carbonyl (C=O) groups excluding carboxylic acids is 1. The van der Waals surface area contributed by atoms with Crippen LogP contribution in [0.1, 0.15) is 46.8 Å².